The molecule has 1 atom stereocenters. The lowest BCUT2D eigenvalue weighted by atomic mass is 9.98. The van der Waals surface area contributed by atoms with E-state index in [0.717, 1.165) is 28.7 Å². The zero-order valence-corrected chi connectivity index (χ0v) is 18.4. The van der Waals surface area contributed by atoms with Crippen LogP contribution < -0.4 is 5.32 Å². The molecule has 2 aromatic carbocycles. The molecule has 3 N–H and O–H groups in total. The molecule has 1 aliphatic heterocycles. The molecule has 0 radical (unpaired) electrons. The number of ether oxygens (including phenoxy) is 1. The number of nitrogens with one attached hydrogen (secondary N) is 2. The average molecular weight is 460 g/mol. The molecule has 0 spiro atoms. The van der Waals surface area contributed by atoms with Crippen LogP contribution in [0, 0.1) is 0 Å². The number of aromatic amines is 1. The number of fused-ring (bicyclic) bond motifs is 3. The molecule has 5 rings (SSSR count). The molecule has 0 bridgehead atoms. The van der Waals surface area contributed by atoms with Crippen LogP contribution in [0.25, 0.3) is 11.1 Å². The van der Waals surface area contributed by atoms with Crippen molar-refractivity contribution in [3.8, 4) is 11.1 Å². The van der Waals surface area contributed by atoms with Crippen LogP contribution in [0.5, 0.6) is 0 Å². The Labute approximate surface area is 195 Å². The fourth-order valence-electron chi connectivity index (χ4n) is 4.91. The van der Waals surface area contributed by atoms with Gasteiger partial charge in [0.05, 0.1) is 6.42 Å². The van der Waals surface area contributed by atoms with Gasteiger partial charge in [-0.15, -0.1) is 0 Å². The second-order valence-electron chi connectivity index (χ2n) is 8.51. The molecule has 1 saturated heterocycles. The Hall–Kier alpha value is -4.14. The number of carbonyl (C=O) groups excluding carboxylic acids is 2. The van der Waals surface area contributed by atoms with E-state index >= 15 is 0 Å². The molecule has 34 heavy (non-hydrogen) atoms. The molecule has 0 saturated carbocycles. The molecule has 174 valence electrons. The summed E-state index contributed by atoms with van der Waals surface area (Å²) in [4.78, 5) is 37.8. The number of H-pyrrole nitrogens is 1. The van der Waals surface area contributed by atoms with E-state index in [1.807, 2.05) is 36.4 Å². The number of nitrogens with zero attached hydrogens (tertiary/aromatic N) is 2. The van der Waals surface area contributed by atoms with Crippen LogP contribution in [-0.2, 0) is 9.53 Å². The van der Waals surface area contributed by atoms with Gasteiger partial charge in [-0.1, -0.05) is 48.5 Å². The number of hydrogen-bond acceptors (Lipinski definition) is 5. The summed E-state index contributed by atoms with van der Waals surface area (Å²) in [6, 6.07) is 17.2. The van der Waals surface area contributed by atoms with Crippen molar-refractivity contribution in [3.63, 3.8) is 0 Å². The fourth-order valence-corrected chi connectivity index (χ4v) is 4.91. The van der Waals surface area contributed by atoms with E-state index in [1.165, 1.54) is 6.07 Å². The highest BCUT2D eigenvalue weighted by molar-refractivity contribution is 5.95. The molecule has 1 fully saturated rings. The van der Waals surface area contributed by atoms with Crippen LogP contribution >= 0.6 is 0 Å². The number of carbonyl (C=O) groups is 3. The monoisotopic (exact) mass is 460 g/mol. The Bertz CT molecular complexity index is 1210. The van der Waals surface area contributed by atoms with Gasteiger partial charge >= 0.3 is 12.1 Å². The summed E-state index contributed by atoms with van der Waals surface area (Å²) in [5.41, 5.74) is 4.71. The molecule has 1 aliphatic carbocycles. The lowest BCUT2D eigenvalue weighted by molar-refractivity contribution is -0.137. The summed E-state index contributed by atoms with van der Waals surface area (Å²) in [5.74, 6) is -1.17. The summed E-state index contributed by atoms with van der Waals surface area (Å²) in [7, 11) is 0. The van der Waals surface area contributed by atoms with Gasteiger partial charge in [0.15, 0.2) is 5.82 Å². The maximum absolute atomic E-state index is 12.8. The first-order chi connectivity index (χ1) is 16.5. The Morgan fingerprint density at radius 1 is 1.09 bits per heavy atom. The predicted molar refractivity (Wildman–Crippen MR) is 124 cm³/mol. The molecule has 9 nitrogen and oxygen atoms in total. The molecule has 1 unspecified atom stereocenters. The third kappa shape index (κ3) is 4.12. The molecule has 2 heterocycles. The van der Waals surface area contributed by atoms with Gasteiger partial charge in [0.2, 0.25) is 0 Å². The Kier molecular flexibility index (Phi) is 5.75. The maximum Gasteiger partial charge on any atom is 0.412 e. The number of aromatic nitrogens is 2. The number of likely N-dealkylation sites (tertiary alicyclic amines) is 1. The second-order valence-corrected chi connectivity index (χ2v) is 8.51. The molecular formula is C25H24N4O5. The van der Waals surface area contributed by atoms with E-state index in [9.17, 15) is 14.4 Å². The van der Waals surface area contributed by atoms with Gasteiger partial charge in [-0.3, -0.25) is 20.0 Å². The van der Waals surface area contributed by atoms with Gasteiger partial charge in [-0.2, -0.15) is 5.10 Å². The van der Waals surface area contributed by atoms with Gasteiger partial charge in [-0.25, -0.2) is 4.79 Å². The van der Waals surface area contributed by atoms with Gasteiger partial charge in [0.25, 0.3) is 5.91 Å². The number of carboxylic acids is 1. The van der Waals surface area contributed by atoms with Crippen LogP contribution in [0.1, 0.15) is 46.8 Å². The zero-order chi connectivity index (χ0) is 23.7. The standard InChI is InChI=1S/C25H24N4O5/c30-23(31)12-15-6-5-11-29(15)24(32)21-13-22(28-27-21)26-25(33)34-14-20-18-9-3-1-7-16(18)17-8-2-4-10-19(17)20/h1-4,7-10,13,15,20H,5-6,11-12,14H2,(H,30,31)(H2,26,27,28,33). The quantitative estimate of drug-likeness (QED) is 0.513. The average Bonchev–Trinajstić information content (AvgIpc) is 3.55. The minimum absolute atomic E-state index is 0.0594. The molecule has 9 heteroatoms. The van der Waals surface area contributed by atoms with E-state index in [-0.39, 0.29) is 42.4 Å². The van der Waals surface area contributed by atoms with Crippen molar-refractivity contribution in [1.29, 1.82) is 0 Å². The maximum atomic E-state index is 12.8. The summed E-state index contributed by atoms with van der Waals surface area (Å²) < 4.78 is 5.51. The number of carboxylic acid groups (broad SMARTS) is 1. The first kappa shape index (κ1) is 21.7. The molecule has 2 aliphatic rings. The second kappa shape index (κ2) is 9.01. The van der Waals surface area contributed by atoms with E-state index in [2.05, 4.69) is 27.6 Å². The topological polar surface area (TPSA) is 125 Å². The van der Waals surface area contributed by atoms with Crippen molar-refractivity contribution >= 4 is 23.8 Å². The van der Waals surface area contributed by atoms with E-state index in [4.69, 9.17) is 9.84 Å². The fraction of sp³-hybridized carbons (Fsp3) is 0.280. The van der Waals surface area contributed by atoms with Crippen LogP contribution in [0.4, 0.5) is 10.6 Å². The Morgan fingerprint density at radius 2 is 1.76 bits per heavy atom. The van der Waals surface area contributed by atoms with Crippen molar-refractivity contribution < 1.29 is 24.2 Å². The largest absolute Gasteiger partial charge is 0.481 e. The van der Waals surface area contributed by atoms with Crippen molar-refractivity contribution in [1.82, 2.24) is 15.1 Å². The summed E-state index contributed by atoms with van der Waals surface area (Å²) >= 11 is 0. The van der Waals surface area contributed by atoms with Crippen molar-refractivity contribution in [3.05, 3.63) is 71.4 Å². The number of amides is 2. The van der Waals surface area contributed by atoms with Gasteiger partial charge in [0.1, 0.15) is 12.3 Å². The van der Waals surface area contributed by atoms with Crippen LogP contribution in [0.15, 0.2) is 54.6 Å². The van der Waals surface area contributed by atoms with Crippen LogP contribution in [-0.4, -0.2) is 57.4 Å². The number of anilines is 1. The third-order valence-corrected chi connectivity index (χ3v) is 6.43. The highest BCUT2D eigenvalue weighted by Gasteiger charge is 2.32. The molecular weight excluding hydrogens is 436 g/mol. The SMILES string of the molecule is O=C(O)CC1CCCN1C(=O)c1cc(NC(=O)OCC2c3ccccc3-c3ccccc32)n[nH]1. The number of benzene rings is 2. The Morgan fingerprint density at radius 3 is 2.44 bits per heavy atom. The smallest absolute Gasteiger partial charge is 0.412 e. The minimum atomic E-state index is -0.938. The number of rotatable bonds is 6. The van der Waals surface area contributed by atoms with Crippen molar-refractivity contribution in [2.45, 2.75) is 31.2 Å². The lowest BCUT2D eigenvalue weighted by Gasteiger charge is -2.22. The minimum Gasteiger partial charge on any atom is -0.481 e. The lowest BCUT2D eigenvalue weighted by Crippen LogP contribution is -2.37. The van der Waals surface area contributed by atoms with Crippen LogP contribution in [0.3, 0.4) is 0 Å². The van der Waals surface area contributed by atoms with E-state index < -0.39 is 12.1 Å². The first-order valence-electron chi connectivity index (χ1n) is 11.2. The van der Waals surface area contributed by atoms with Crippen LogP contribution in [0.2, 0.25) is 0 Å². The summed E-state index contributed by atoms with van der Waals surface area (Å²) in [5, 5.41) is 18.2. The normalized spacial score (nSPS) is 16.7. The first-order valence-corrected chi connectivity index (χ1v) is 11.2. The molecule has 2 amide bonds. The molecule has 3 aromatic rings. The predicted octanol–water partition coefficient (Wildman–Crippen LogP) is 3.85. The van der Waals surface area contributed by atoms with Gasteiger partial charge < -0.3 is 14.7 Å². The van der Waals surface area contributed by atoms with E-state index in [1.54, 1.807) is 4.90 Å². The highest BCUT2D eigenvalue weighted by Crippen LogP contribution is 2.44. The third-order valence-electron chi connectivity index (χ3n) is 6.43. The van der Waals surface area contributed by atoms with Gasteiger partial charge in [0, 0.05) is 24.6 Å². The zero-order valence-electron chi connectivity index (χ0n) is 18.4. The van der Waals surface area contributed by atoms with Crippen molar-refractivity contribution in [2.75, 3.05) is 18.5 Å². The van der Waals surface area contributed by atoms with Gasteiger partial charge in [-0.05, 0) is 35.1 Å². The summed E-state index contributed by atoms with van der Waals surface area (Å²) in [6.07, 6.45) is 0.641. The Balaban J connectivity index is 1.21. The van der Waals surface area contributed by atoms with E-state index in [0.29, 0.717) is 13.0 Å². The summed E-state index contributed by atoms with van der Waals surface area (Å²) in [6.45, 7) is 0.658. The molecule has 1 aromatic heterocycles. The van der Waals surface area contributed by atoms with Crippen molar-refractivity contribution in [2.24, 2.45) is 0 Å². The highest BCUT2D eigenvalue weighted by atomic mass is 16.5. The number of hydrogen-bond donors (Lipinski definition) is 3. The number of aliphatic carboxylic acids is 1.